The number of hydrogen-bond acceptors (Lipinski definition) is 3. The van der Waals surface area contributed by atoms with E-state index in [0.29, 0.717) is 12.1 Å². The molecule has 0 amide bonds. The molecule has 2 atom stereocenters. The molecular formula is C6H11N3. The van der Waals surface area contributed by atoms with Crippen LogP contribution in [0.3, 0.4) is 0 Å². The van der Waals surface area contributed by atoms with Crippen molar-refractivity contribution >= 4 is 0 Å². The molecule has 3 nitrogen and oxygen atoms in total. The number of nitrogens with zero attached hydrogens (tertiary/aromatic N) is 3. The van der Waals surface area contributed by atoms with Crippen molar-refractivity contribution < 1.29 is 0 Å². The summed E-state index contributed by atoms with van der Waals surface area (Å²) in [6.07, 6.45) is 2.58. The molecule has 0 radical (unpaired) electrons. The van der Waals surface area contributed by atoms with Gasteiger partial charge in [-0.25, -0.2) is 0 Å². The van der Waals surface area contributed by atoms with E-state index >= 15 is 0 Å². The summed E-state index contributed by atoms with van der Waals surface area (Å²) >= 11 is 0. The van der Waals surface area contributed by atoms with E-state index in [2.05, 4.69) is 22.3 Å². The largest absolute Gasteiger partial charge is 0.271 e. The molecule has 2 heterocycles. The van der Waals surface area contributed by atoms with Gasteiger partial charge in [0.05, 0.1) is 12.6 Å². The summed E-state index contributed by atoms with van der Waals surface area (Å²) in [6, 6.07) is 1.29. The fourth-order valence-corrected chi connectivity index (χ4v) is 1.60. The Morgan fingerprint density at radius 3 is 3.11 bits per heavy atom. The van der Waals surface area contributed by atoms with E-state index in [-0.39, 0.29) is 0 Å². The smallest absolute Gasteiger partial charge is 0.0841 e. The zero-order valence-corrected chi connectivity index (χ0v) is 5.62. The highest BCUT2D eigenvalue weighted by Crippen LogP contribution is 2.27. The van der Waals surface area contributed by atoms with E-state index in [1.165, 1.54) is 12.8 Å². The van der Waals surface area contributed by atoms with Gasteiger partial charge in [0.1, 0.15) is 0 Å². The number of rotatable bonds is 0. The third-order valence-corrected chi connectivity index (χ3v) is 2.20. The minimum atomic E-state index is 0.640. The van der Waals surface area contributed by atoms with Crippen molar-refractivity contribution in [3.05, 3.63) is 0 Å². The zero-order valence-electron chi connectivity index (χ0n) is 5.62. The molecule has 0 aromatic heterocycles. The minimum Gasteiger partial charge on any atom is -0.271 e. The highest BCUT2D eigenvalue weighted by atomic mass is 15.6. The Kier molecular flexibility index (Phi) is 0.976. The van der Waals surface area contributed by atoms with Crippen LogP contribution in [0.5, 0.6) is 0 Å². The van der Waals surface area contributed by atoms with Crippen LogP contribution >= 0.6 is 0 Å². The molecule has 0 unspecified atom stereocenters. The van der Waals surface area contributed by atoms with Crippen molar-refractivity contribution in [3.8, 4) is 0 Å². The lowest BCUT2D eigenvalue weighted by Gasteiger charge is -2.15. The maximum atomic E-state index is 4.04. The molecule has 0 aromatic rings. The van der Waals surface area contributed by atoms with Gasteiger partial charge in [0.15, 0.2) is 0 Å². The molecule has 3 heteroatoms. The van der Waals surface area contributed by atoms with Crippen molar-refractivity contribution in [1.29, 1.82) is 0 Å². The number of fused-ring (bicyclic) bond motifs is 1. The maximum absolute atomic E-state index is 4.04. The van der Waals surface area contributed by atoms with Crippen LogP contribution in [0.2, 0.25) is 0 Å². The molecule has 9 heavy (non-hydrogen) atoms. The summed E-state index contributed by atoms with van der Waals surface area (Å²) < 4.78 is 0. The summed E-state index contributed by atoms with van der Waals surface area (Å²) in [5, 5.41) is 10.1. The molecule has 1 saturated heterocycles. The highest BCUT2D eigenvalue weighted by Gasteiger charge is 2.32. The minimum absolute atomic E-state index is 0.640. The maximum Gasteiger partial charge on any atom is 0.0841 e. The van der Waals surface area contributed by atoms with Crippen molar-refractivity contribution in [2.24, 2.45) is 10.3 Å². The van der Waals surface area contributed by atoms with Crippen LogP contribution in [0.25, 0.3) is 0 Å². The topological polar surface area (TPSA) is 28.0 Å². The molecular weight excluding hydrogens is 114 g/mol. The fraction of sp³-hybridized carbons (Fsp3) is 1.00. The van der Waals surface area contributed by atoms with E-state index in [1.54, 1.807) is 0 Å². The lowest BCUT2D eigenvalue weighted by Crippen LogP contribution is -2.26. The van der Waals surface area contributed by atoms with Gasteiger partial charge in [0.25, 0.3) is 0 Å². The lowest BCUT2D eigenvalue weighted by atomic mass is 10.2. The van der Waals surface area contributed by atoms with Crippen LogP contribution in [-0.4, -0.2) is 23.6 Å². The average Bonchev–Trinajstić information content (AvgIpc) is 2.35. The second-order valence-electron chi connectivity index (χ2n) is 2.87. The monoisotopic (exact) mass is 125 g/mol. The molecule has 2 aliphatic rings. The van der Waals surface area contributed by atoms with Gasteiger partial charge in [-0.1, -0.05) is 5.22 Å². The predicted molar refractivity (Wildman–Crippen MR) is 34.0 cm³/mol. The third-order valence-electron chi connectivity index (χ3n) is 2.20. The summed E-state index contributed by atoms with van der Waals surface area (Å²) in [7, 11) is 0. The van der Waals surface area contributed by atoms with Crippen LogP contribution in [0.4, 0.5) is 0 Å². The van der Waals surface area contributed by atoms with Gasteiger partial charge in [-0.3, -0.25) is 5.01 Å². The van der Waals surface area contributed by atoms with Gasteiger partial charge in [0, 0.05) is 6.04 Å². The average molecular weight is 125 g/mol. The van der Waals surface area contributed by atoms with Gasteiger partial charge in [-0.2, -0.15) is 5.11 Å². The van der Waals surface area contributed by atoms with E-state index in [1.807, 2.05) is 0 Å². The Balaban J connectivity index is 2.15. The van der Waals surface area contributed by atoms with Crippen LogP contribution in [0.1, 0.15) is 19.8 Å². The summed E-state index contributed by atoms with van der Waals surface area (Å²) in [5.41, 5.74) is 0. The Morgan fingerprint density at radius 1 is 1.44 bits per heavy atom. The van der Waals surface area contributed by atoms with Gasteiger partial charge >= 0.3 is 0 Å². The Labute approximate surface area is 54.7 Å². The Bertz CT molecular complexity index is 143. The Morgan fingerprint density at radius 2 is 2.33 bits per heavy atom. The molecule has 0 aromatic carbocycles. The third kappa shape index (κ3) is 0.637. The van der Waals surface area contributed by atoms with Gasteiger partial charge in [-0.05, 0) is 19.8 Å². The van der Waals surface area contributed by atoms with E-state index in [0.717, 1.165) is 6.54 Å². The first-order chi connectivity index (χ1) is 4.38. The highest BCUT2D eigenvalue weighted by molar-refractivity contribution is 4.86. The molecule has 0 bridgehead atoms. The molecule has 0 N–H and O–H groups in total. The van der Waals surface area contributed by atoms with E-state index in [4.69, 9.17) is 0 Å². The van der Waals surface area contributed by atoms with E-state index in [9.17, 15) is 0 Å². The predicted octanol–water partition coefficient (Wildman–Crippen LogP) is 1.22. The van der Waals surface area contributed by atoms with Crippen LogP contribution in [0, 0.1) is 0 Å². The van der Waals surface area contributed by atoms with E-state index < -0.39 is 0 Å². The van der Waals surface area contributed by atoms with Crippen molar-refractivity contribution in [3.63, 3.8) is 0 Å². The second kappa shape index (κ2) is 1.69. The van der Waals surface area contributed by atoms with Crippen LogP contribution in [-0.2, 0) is 0 Å². The summed E-state index contributed by atoms with van der Waals surface area (Å²) in [5.74, 6) is 0. The first kappa shape index (κ1) is 5.21. The molecule has 1 fully saturated rings. The first-order valence-electron chi connectivity index (χ1n) is 3.53. The normalized spacial score (nSPS) is 39.9. The number of hydrogen-bond donors (Lipinski definition) is 0. The molecule has 0 saturated carbocycles. The lowest BCUT2D eigenvalue weighted by molar-refractivity contribution is 0.242. The molecule has 0 aliphatic carbocycles. The molecule has 2 rings (SSSR count). The van der Waals surface area contributed by atoms with Gasteiger partial charge in [-0.15, -0.1) is 0 Å². The van der Waals surface area contributed by atoms with Crippen LogP contribution in [0.15, 0.2) is 10.3 Å². The molecule has 0 spiro atoms. The SMILES string of the molecule is C[C@@H]1CC[C@@H]2CN=NN21. The molecule has 50 valence electrons. The summed E-state index contributed by atoms with van der Waals surface area (Å²) in [4.78, 5) is 0. The second-order valence-corrected chi connectivity index (χ2v) is 2.87. The first-order valence-corrected chi connectivity index (χ1v) is 3.53. The standard InChI is InChI=1S/C6H11N3/c1-5-2-3-6-4-7-8-9(5)6/h5-6H,2-4H2,1H3/t5-,6-/m1/s1. The van der Waals surface area contributed by atoms with Gasteiger partial charge in [0.2, 0.25) is 0 Å². The summed E-state index contributed by atoms with van der Waals surface area (Å²) in [6.45, 7) is 3.15. The van der Waals surface area contributed by atoms with Gasteiger partial charge < -0.3 is 0 Å². The molecule has 2 aliphatic heterocycles. The van der Waals surface area contributed by atoms with Crippen molar-refractivity contribution in [2.75, 3.05) is 6.54 Å². The zero-order chi connectivity index (χ0) is 6.27. The Hall–Kier alpha value is -0.600. The fourth-order valence-electron chi connectivity index (χ4n) is 1.60. The quantitative estimate of drug-likeness (QED) is 0.478. The van der Waals surface area contributed by atoms with Crippen molar-refractivity contribution in [2.45, 2.75) is 31.8 Å². The van der Waals surface area contributed by atoms with Crippen LogP contribution < -0.4 is 0 Å². The van der Waals surface area contributed by atoms with Crippen molar-refractivity contribution in [1.82, 2.24) is 5.01 Å².